The van der Waals surface area contributed by atoms with E-state index in [9.17, 15) is 9.59 Å². The van der Waals surface area contributed by atoms with Gasteiger partial charge in [-0.3, -0.25) is 14.4 Å². The molecule has 2 aliphatic rings. The van der Waals surface area contributed by atoms with Gasteiger partial charge in [-0.25, -0.2) is 10.0 Å². The van der Waals surface area contributed by atoms with Gasteiger partial charge in [0, 0.05) is 48.8 Å². The van der Waals surface area contributed by atoms with Crippen molar-refractivity contribution in [2.24, 2.45) is 11.8 Å². The van der Waals surface area contributed by atoms with Crippen LogP contribution in [0.2, 0.25) is 0 Å². The number of amides is 2. The van der Waals surface area contributed by atoms with Gasteiger partial charge in [-0.1, -0.05) is 126 Å². The number of benzene rings is 4. The second kappa shape index (κ2) is 16.6. The molecule has 1 aromatic heterocycles. The van der Waals surface area contributed by atoms with E-state index in [0.29, 0.717) is 30.4 Å². The van der Waals surface area contributed by atoms with E-state index in [0.717, 1.165) is 46.2 Å². The van der Waals surface area contributed by atoms with E-state index in [1.165, 1.54) is 31.4 Å². The standard InChI is InChI=1S/C44H48BrN5O3/c1-48(53-2)43(52)41(46-28-40-26-33-14-12-13-15-34(33)29-50(40)42(51)32-22-24-38(45)25-23-32)27-39-30-49(31-47-39)44(35-16-6-3-7-17-35,36-18-8-4-9-19-36)37-20-10-5-11-21-37/h3-11,16-25,30-31,33-34,40-41,46H,12-15,26-29H2,1-2H3/t33-,34-,40+,41?/m1/s1. The number of piperidine rings is 1. The van der Waals surface area contributed by atoms with Crippen LogP contribution in [0.25, 0.3) is 0 Å². The van der Waals surface area contributed by atoms with Gasteiger partial charge in [0.2, 0.25) is 0 Å². The number of nitrogens with zero attached hydrogens (tertiary/aromatic N) is 4. The van der Waals surface area contributed by atoms with Gasteiger partial charge in [0.1, 0.15) is 5.54 Å². The molecule has 7 rings (SSSR count). The second-order valence-electron chi connectivity index (χ2n) is 14.4. The fourth-order valence-electron chi connectivity index (χ4n) is 8.60. The first-order valence-corrected chi connectivity index (χ1v) is 19.5. The highest BCUT2D eigenvalue weighted by Gasteiger charge is 2.41. The van der Waals surface area contributed by atoms with Crippen molar-refractivity contribution >= 4 is 27.7 Å². The monoisotopic (exact) mass is 773 g/mol. The third kappa shape index (κ3) is 7.74. The highest BCUT2D eigenvalue weighted by molar-refractivity contribution is 9.10. The Morgan fingerprint density at radius 1 is 0.868 bits per heavy atom. The molecule has 1 saturated heterocycles. The van der Waals surface area contributed by atoms with Gasteiger partial charge in [-0.2, -0.15) is 0 Å². The van der Waals surface area contributed by atoms with Gasteiger partial charge in [-0.15, -0.1) is 0 Å². The average molecular weight is 775 g/mol. The maximum Gasteiger partial charge on any atom is 0.263 e. The number of imidazole rings is 1. The molecule has 0 bridgehead atoms. The molecule has 2 amide bonds. The molecule has 1 aliphatic heterocycles. The van der Waals surface area contributed by atoms with Gasteiger partial charge < -0.3 is 14.8 Å². The molecule has 4 aromatic carbocycles. The Hall–Kier alpha value is -4.57. The number of carbonyl (C=O) groups is 2. The smallest absolute Gasteiger partial charge is 0.263 e. The number of aromatic nitrogens is 2. The summed E-state index contributed by atoms with van der Waals surface area (Å²) in [5.74, 6) is 0.945. The molecular formula is C44H48BrN5O3. The van der Waals surface area contributed by atoms with Gasteiger partial charge in [0.25, 0.3) is 11.8 Å². The second-order valence-corrected chi connectivity index (χ2v) is 15.3. The lowest BCUT2D eigenvalue weighted by atomic mass is 9.72. The molecule has 9 heteroatoms. The Balaban J connectivity index is 1.20. The number of nitrogens with one attached hydrogen (secondary N) is 1. The molecule has 2 fully saturated rings. The molecular weight excluding hydrogens is 726 g/mol. The number of halogens is 1. The molecule has 2 heterocycles. The lowest BCUT2D eigenvalue weighted by Crippen LogP contribution is -2.56. The van der Waals surface area contributed by atoms with Crippen LogP contribution in [0.5, 0.6) is 0 Å². The Kier molecular flexibility index (Phi) is 11.5. The van der Waals surface area contributed by atoms with E-state index < -0.39 is 11.6 Å². The zero-order valence-corrected chi connectivity index (χ0v) is 32.1. The van der Waals surface area contributed by atoms with Gasteiger partial charge in [0.15, 0.2) is 0 Å². The van der Waals surface area contributed by atoms with Gasteiger partial charge >= 0.3 is 0 Å². The zero-order valence-electron chi connectivity index (χ0n) is 30.5. The normalized spacial score (nSPS) is 19.3. The largest absolute Gasteiger partial charge is 0.334 e. The number of hydrogen-bond acceptors (Lipinski definition) is 5. The maximum atomic E-state index is 14.0. The SMILES string of the molecule is CON(C)C(=O)C(Cc1cn(C(c2ccccc2)(c2ccccc2)c2ccccc2)cn1)NC[C@@H]1C[C@H]2CCCC[C@@H]2CN1C(=O)c1ccc(Br)cc1. The topological polar surface area (TPSA) is 79.7 Å². The number of likely N-dealkylation sites (N-methyl/N-ethyl adjacent to an activating group) is 1. The highest BCUT2D eigenvalue weighted by atomic mass is 79.9. The highest BCUT2D eigenvalue weighted by Crippen LogP contribution is 2.41. The summed E-state index contributed by atoms with van der Waals surface area (Å²) < 4.78 is 3.12. The number of carbonyl (C=O) groups excluding carboxylic acids is 2. The minimum atomic E-state index is -0.711. The Morgan fingerprint density at radius 2 is 1.43 bits per heavy atom. The van der Waals surface area contributed by atoms with Crippen LogP contribution in [-0.2, 0) is 21.6 Å². The van der Waals surface area contributed by atoms with E-state index in [-0.39, 0.29) is 17.9 Å². The molecule has 0 radical (unpaired) electrons. The Labute approximate surface area is 321 Å². The van der Waals surface area contributed by atoms with Crippen molar-refractivity contribution in [3.63, 3.8) is 0 Å². The van der Waals surface area contributed by atoms with Gasteiger partial charge in [0.05, 0.1) is 25.2 Å². The van der Waals surface area contributed by atoms with E-state index in [4.69, 9.17) is 9.82 Å². The summed E-state index contributed by atoms with van der Waals surface area (Å²) in [6.07, 6.45) is 10.0. The van der Waals surface area contributed by atoms with Crippen LogP contribution in [0.4, 0.5) is 0 Å². The van der Waals surface area contributed by atoms with Crippen molar-refractivity contribution in [3.8, 4) is 0 Å². The van der Waals surface area contributed by atoms with Crippen LogP contribution in [-0.4, -0.2) is 70.7 Å². The first-order valence-electron chi connectivity index (χ1n) is 18.7. The molecule has 4 atom stereocenters. The molecule has 1 unspecified atom stereocenters. The minimum absolute atomic E-state index is 0.0445. The van der Waals surface area contributed by atoms with Crippen molar-refractivity contribution < 1.29 is 14.4 Å². The third-order valence-electron chi connectivity index (χ3n) is 11.4. The summed E-state index contributed by atoms with van der Waals surface area (Å²) in [5.41, 5.74) is 4.03. The number of rotatable bonds is 12. The quantitative estimate of drug-likeness (QED) is 0.104. The third-order valence-corrected chi connectivity index (χ3v) is 11.9. The van der Waals surface area contributed by atoms with Crippen LogP contribution in [0, 0.1) is 11.8 Å². The van der Waals surface area contributed by atoms with Crippen LogP contribution < -0.4 is 5.32 Å². The number of fused-ring (bicyclic) bond motifs is 1. The van der Waals surface area contributed by atoms with Crippen LogP contribution in [0.1, 0.15) is 64.8 Å². The van der Waals surface area contributed by atoms with E-state index in [1.54, 1.807) is 7.05 Å². The van der Waals surface area contributed by atoms with Crippen molar-refractivity contribution in [1.29, 1.82) is 0 Å². The Bertz CT molecular complexity index is 1860. The summed E-state index contributed by atoms with van der Waals surface area (Å²) in [4.78, 5) is 40.4. The van der Waals surface area contributed by atoms with Crippen LogP contribution in [0.3, 0.4) is 0 Å². The van der Waals surface area contributed by atoms with E-state index >= 15 is 0 Å². The van der Waals surface area contributed by atoms with Gasteiger partial charge in [-0.05, 0) is 65.6 Å². The molecule has 274 valence electrons. The summed E-state index contributed by atoms with van der Waals surface area (Å²) in [6, 6.07) is 38.4. The molecule has 5 aromatic rings. The zero-order chi connectivity index (χ0) is 36.8. The average Bonchev–Trinajstić information content (AvgIpc) is 3.68. The fraction of sp³-hybridized carbons (Fsp3) is 0.341. The minimum Gasteiger partial charge on any atom is -0.334 e. The predicted octanol–water partition coefficient (Wildman–Crippen LogP) is 7.73. The number of likely N-dealkylation sites (tertiary alicyclic amines) is 1. The molecule has 1 N–H and O–H groups in total. The molecule has 8 nitrogen and oxygen atoms in total. The summed E-state index contributed by atoms with van der Waals surface area (Å²) >= 11 is 3.51. The first kappa shape index (κ1) is 36.8. The lowest BCUT2D eigenvalue weighted by molar-refractivity contribution is -0.171. The van der Waals surface area contributed by atoms with Crippen molar-refractivity contribution in [3.05, 3.63) is 160 Å². The first-order chi connectivity index (χ1) is 25.9. The van der Waals surface area contributed by atoms with Crippen molar-refractivity contribution in [1.82, 2.24) is 24.8 Å². The summed E-state index contributed by atoms with van der Waals surface area (Å²) in [6.45, 7) is 1.23. The fourth-order valence-corrected chi connectivity index (χ4v) is 8.86. The lowest BCUT2D eigenvalue weighted by Gasteiger charge is -2.46. The molecule has 1 aliphatic carbocycles. The van der Waals surface area contributed by atoms with Crippen LogP contribution in [0.15, 0.2) is 132 Å². The van der Waals surface area contributed by atoms with Crippen molar-refractivity contribution in [2.45, 2.75) is 56.1 Å². The Morgan fingerprint density at radius 3 is 2.00 bits per heavy atom. The van der Waals surface area contributed by atoms with Crippen LogP contribution >= 0.6 is 15.9 Å². The predicted molar refractivity (Wildman–Crippen MR) is 211 cm³/mol. The van der Waals surface area contributed by atoms with Crippen molar-refractivity contribution in [2.75, 3.05) is 27.2 Å². The number of hydroxylamine groups is 2. The molecule has 0 spiro atoms. The van der Waals surface area contributed by atoms with E-state index in [2.05, 4.69) is 110 Å². The summed E-state index contributed by atoms with van der Waals surface area (Å²) in [5, 5.41) is 4.89. The summed E-state index contributed by atoms with van der Waals surface area (Å²) in [7, 11) is 3.14. The maximum absolute atomic E-state index is 14.0. The van der Waals surface area contributed by atoms with E-state index in [1.807, 2.05) is 48.8 Å². The number of hydrogen-bond donors (Lipinski definition) is 1. The molecule has 1 saturated carbocycles. The molecule has 53 heavy (non-hydrogen) atoms.